The molecule has 30 heavy (non-hydrogen) atoms. The van der Waals surface area contributed by atoms with E-state index in [0.717, 1.165) is 5.56 Å². The number of rotatable bonds is 6. The van der Waals surface area contributed by atoms with Crippen LogP contribution in [0.25, 0.3) is 11.2 Å². The standard InChI is InChI=1S/C19H21N5O6/c1-28-11-4-2-3-10(5-11)6-15(26)29-8-13-12(25)7-14(30-13)24-9-21-16-17(24)22-19(20)23-18(16)27/h2-5,9,12-14,25H,6-8H2,1H3,(H3,20,22,23,27)/t12-,13+,14+/m0/s1. The third-order valence-electron chi connectivity index (χ3n) is 4.86. The van der Waals surface area contributed by atoms with Crippen molar-refractivity contribution in [1.82, 2.24) is 19.5 Å². The molecular weight excluding hydrogens is 394 g/mol. The Morgan fingerprint density at radius 3 is 3.10 bits per heavy atom. The minimum absolute atomic E-state index is 0.0455. The second kappa shape index (κ2) is 8.13. The fraction of sp³-hybridized carbons (Fsp3) is 0.368. The second-order valence-electron chi connectivity index (χ2n) is 6.92. The second-order valence-corrected chi connectivity index (χ2v) is 6.92. The van der Waals surface area contributed by atoms with Gasteiger partial charge >= 0.3 is 5.97 Å². The highest BCUT2D eigenvalue weighted by Gasteiger charge is 2.36. The average Bonchev–Trinajstić information content (AvgIpc) is 3.30. The number of imidazole rings is 1. The van der Waals surface area contributed by atoms with Crippen molar-refractivity contribution in [3.8, 4) is 5.75 Å². The van der Waals surface area contributed by atoms with E-state index in [0.29, 0.717) is 5.75 Å². The zero-order chi connectivity index (χ0) is 21.3. The molecule has 0 unspecified atom stereocenters. The van der Waals surface area contributed by atoms with E-state index in [1.165, 1.54) is 10.9 Å². The van der Waals surface area contributed by atoms with Crippen LogP contribution in [-0.4, -0.2) is 56.5 Å². The quantitative estimate of drug-likeness (QED) is 0.477. The summed E-state index contributed by atoms with van der Waals surface area (Å²) in [4.78, 5) is 34.6. The third-order valence-corrected chi connectivity index (χ3v) is 4.86. The first kappa shape index (κ1) is 19.9. The number of benzene rings is 1. The molecule has 1 aliphatic heterocycles. The van der Waals surface area contributed by atoms with Gasteiger partial charge in [0.15, 0.2) is 11.2 Å². The van der Waals surface area contributed by atoms with Crippen molar-refractivity contribution in [3.05, 3.63) is 46.5 Å². The van der Waals surface area contributed by atoms with Crippen LogP contribution in [0.1, 0.15) is 18.2 Å². The third kappa shape index (κ3) is 3.98. The minimum Gasteiger partial charge on any atom is -0.497 e. The number of methoxy groups -OCH3 is 1. The van der Waals surface area contributed by atoms with Gasteiger partial charge in [0.05, 0.1) is 26.0 Å². The van der Waals surface area contributed by atoms with Crippen LogP contribution in [0, 0.1) is 0 Å². The van der Waals surface area contributed by atoms with E-state index in [2.05, 4.69) is 15.0 Å². The largest absolute Gasteiger partial charge is 0.497 e. The monoisotopic (exact) mass is 415 g/mol. The predicted octanol–water partition coefficient (Wildman–Crippen LogP) is 0.145. The van der Waals surface area contributed by atoms with E-state index >= 15 is 0 Å². The Balaban J connectivity index is 1.39. The van der Waals surface area contributed by atoms with E-state index < -0.39 is 30.0 Å². The van der Waals surface area contributed by atoms with Crippen molar-refractivity contribution in [2.45, 2.75) is 31.3 Å². The fourth-order valence-corrected chi connectivity index (χ4v) is 3.36. The normalized spacial score (nSPS) is 21.1. The van der Waals surface area contributed by atoms with Crippen LogP contribution in [0.3, 0.4) is 0 Å². The molecule has 3 aromatic rings. The molecule has 2 aromatic heterocycles. The molecule has 0 amide bonds. The van der Waals surface area contributed by atoms with Crippen molar-refractivity contribution in [1.29, 1.82) is 0 Å². The van der Waals surface area contributed by atoms with Crippen LogP contribution in [-0.2, 0) is 20.7 Å². The first-order valence-corrected chi connectivity index (χ1v) is 9.29. The Morgan fingerprint density at radius 2 is 2.30 bits per heavy atom. The highest BCUT2D eigenvalue weighted by Crippen LogP contribution is 2.30. The summed E-state index contributed by atoms with van der Waals surface area (Å²) in [6, 6.07) is 7.12. The van der Waals surface area contributed by atoms with Gasteiger partial charge in [-0.3, -0.25) is 19.1 Å². The average molecular weight is 415 g/mol. The maximum absolute atomic E-state index is 12.2. The van der Waals surface area contributed by atoms with Crippen molar-refractivity contribution in [2.24, 2.45) is 0 Å². The number of nitrogen functional groups attached to an aromatic ring is 1. The van der Waals surface area contributed by atoms with E-state index in [9.17, 15) is 14.7 Å². The molecule has 3 atom stereocenters. The number of anilines is 1. The molecule has 1 saturated heterocycles. The molecule has 0 saturated carbocycles. The molecule has 4 N–H and O–H groups in total. The van der Waals surface area contributed by atoms with Gasteiger partial charge in [-0.1, -0.05) is 12.1 Å². The highest BCUT2D eigenvalue weighted by atomic mass is 16.6. The SMILES string of the molecule is COc1cccc(CC(=O)OC[C@H]2O[C@@H](n3cnc4c(=O)[nH]c(N)nc43)C[C@@H]2O)c1. The Labute approximate surface area is 170 Å². The van der Waals surface area contributed by atoms with Crippen molar-refractivity contribution < 1.29 is 24.1 Å². The molecule has 0 aliphatic carbocycles. The van der Waals surface area contributed by atoms with E-state index in [-0.39, 0.29) is 36.6 Å². The number of aromatic amines is 1. The van der Waals surface area contributed by atoms with Crippen LogP contribution in [0.15, 0.2) is 35.4 Å². The van der Waals surface area contributed by atoms with Gasteiger partial charge in [0.2, 0.25) is 5.95 Å². The van der Waals surface area contributed by atoms with Gasteiger partial charge in [-0.2, -0.15) is 4.98 Å². The summed E-state index contributed by atoms with van der Waals surface area (Å²) in [5, 5.41) is 10.3. The molecule has 4 rings (SSSR count). The Bertz CT molecular complexity index is 1130. The Hall–Kier alpha value is -3.44. The van der Waals surface area contributed by atoms with Crippen molar-refractivity contribution >= 4 is 23.1 Å². The van der Waals surface area contributed by atoms with Crippen LogP contribution in [0.5, 0.6) is 5.75 Å². The number of hydrogen-bond acceptors (Lipinski definition) is 9. The summed E-state index contributed by atoms with van der Waals surface area (Å²) in [6.07, 6.45) is -0.515. The van der Waals surface area contributed by atoms with Gasteiger partial charge < -0.3 is 25.1 Å². The number of aliphatic hydroxyl groups excluding tert-OH is 1. The first-order valence-electron chi connectivity index (χ1n) is 9.29. The van der Waals surface area contributed by atoms with Crippen LogP contribution >= 0.6 is 0 Å². The minimum atomic E-state index is -0.864. The van der Waals surface area contributed by atoms with Crippen molar-refractivity contribution in [3.63, 3.8) is 0 Å². The molecule has 3 heterocycles. The summed E-state index contributed by atoms with van der Waals surface area (Å²) in [7, 11) is 1.55. The fourth-order valence-electron chi connectivity index (χ4n) is 3.36. The molecule has 11 heteroatoms. The number of nitrogens with two attached hydrogens (primary N) is 1. The Morgan fingerprint density at radius 1 is 1.47 bits per heavy atom. The number of carbonyl (C=O) groups excluding carboxylic acids is 1. The Kier molecular flexibility index (Phi) is 5.38. The lowest BCUT2D eigenvalue weighted by Gasteiger charge is -2.16. The molecule has 1 aromatic carbocycles. The smallest absolute Gasteiger partial charge is 0.310 e. The van der Waals surface area contributed by atoms with Crippen LogP contribution in [0.4, 0.5) is 5.95 Å². The number of aromatic nitrogens is 4. The molecular formula is C19H21N5O6. The topological polar surface area (TPSA) is 155 Å². The zero-order valence-corrected chi connectivity index (χ0v) is 16.1. The van der Waals surface area contributed by atoms with Gasteiger partial charge in [0.25, 0.3) is 5.56 Å². The van der Waals surface area contributed by atoms with E-state index in [4.69, 9.17) is 19.9 Å². The summed E-state index contributed by atoms with van der Waals surface area (Å²) in [5.41, 5.74) is 6.27. The number of H-pyrrole nitrogens is 1. The maximum atomic E-state index is 12.2. The number of fused-ring (bicyclic) bond motifs is 1. The number of carbonyl (C=O) groups is 1. The van der Waals surface area contributed by atoms with Crippen LogP contribution in [0.2, 0.25) is 0 Å². The molecule has 1 fully saturated rings. The van der Waals surface area contributed by atoms with Crippen LogP contribution < -0.4 is 16.0 Å². The summed E-state index contributed by atoms with van der Waals surface area (Å²) in [6.45, 7) is -0.108. The molecule has 1 aliphatic rings. The number of aliphatic hydroxyl groups is 1. The maximum Gasteiger partial charge on any atom is 0.310 e. The molecule has 0 bridgehead atoms. The van der Waals surface area contributed by atoms with Gasteiger partial charge in [0, 0.05) is 6.42 Å². The van der Waals surface area contributed by atoms with E-state index in [1.807, 2.05) is 0 Å². The molecule has 0 spiro atoms. The van der Waals surface area contributed by atoms with Crippen molar-refractivity contribution in [2.75, 3.05) is 19.5 Å². The zero-order valence-electron chi connectivity index (χ0n) is 16.1. The van der Waals surface area contributed by atoms with Gasteiger partial charge in [0.1, 0.15) is 24.7 Å². The summed E-state index contributed by atoms with van der Waals surface area (Å²) < 4.78 is 17.8. The lowest BCUT2D eigenvalue weighted by atomic mass is 10.1. The number of nitrogens with zero attached hydrogens (tertiary/aromatic N) is 3. The lowest BCUT2D eigenvalue weighted by molar-refractivity contribution is -0.149. The summed E-state index contributed by atoms with van der Waals surface area (Å²) in [5.74, 6) is 0.158. The molecule has 158 valence electrons. The summed E-state index contributed by atoms with van der Waals surface area (Å²) >= 11 is 0. The number of nitrogens with one attached hydrogen (secondary N) is 1. The van der Waals surface area contributed by atoms with E-state index in [1.54, 1.807) is 31.4 Å². The predicted molar refractivity (Wildman–Crippen MR) is 105 cm³/mol. The molecule has 0 radical (unpaired) electrons. The number of hydrogen-bond donors (Lipinski definition) is 3. The molecule has 11 nitrogen and oxygen atoms in total. The van der Waals surface area contributed by atoms with Gasteiger partial charge in [-0.15, -0.1) is 0 Å². The number of esters is 1. The lowest BCUT2D eigenvalue weighted by Crippen LogP contribution is -2.28. The number of ether oxygens (including phenoxy) is 3. The highest BCUT2D eigenvalue weighted by molar-refractivity contribution is 5.72. The first-order chi connectivity index (χ1) is 14.4. The van der Waals surface area contributed by atoms with Gasteiger partial charge in [-0.25, -0.2) is 4.98 Å². The van der Waals surface area contributed by atoms with Gasteiger partial charge in [-0.05, 0) is 17.7 Å².